The standard InChI is InChI=1S/C22H29N5O2.C4H10.CH4O.CH2O/c1-2-19(11-17-7-4-3-5-8-17)24-14-21(28)26-15-22(29)25-13-18-9-6-10-20(12-18)27-16-23;1-3-4-2;2*1-2/h3-10,12,16,19,24H,2,11,13-15H2,1H3,(H2,23,27)(H,25,29)(H,26,28);3-4H2,1-2H3;2H,1H3;1H2. The van der Waals surface area contributed by atoms with Gasteiger partial charge in [-0.05, 0) is 36.1 Å². The number of carbonyl (C=O) groups is 3. The van der Waals surface area contributed by atoms with Crippen molar-refractivity contribution in [2.24, 2.45) is 10.7 Å². The van der Waals surface area contributed by atoms with E-state index < -0.39 is 0 Å². The van der Waals surface area contributed by atoms with E-state index >= 15 is 0 Å². The highest BCUT2D eigenvalue weighted by atomic mass is 16.2. The minimum Gasteiger partial charge on any atom is -0.400 e. The number of benzene rings is 2. The van der Waals surface area contributed by atoms with E-state index in [9.17, 15) is 9.59 Å². The van der Waals surface area contributed by atoms with Crippen molar-refractivity contribution in [2.45, 2.75) is 59.0 Å². The second kappa shape index (κ2) is 25.5. The number of nitrogens with one attached hydrogen (secondary N) is 3. The van der Waals surface area contributed by atoms with Gasteiger partial charge in [-0.1, -0.05) is 76.1 Å². The van der Waals surface area contributed by atoms with E-state index in [0.717, 1.165) is 31.2 Å². The van der Waals surface area contributed by atoms with Crippen LogP contribution in [0.2, 0.25) is 0 Å². The van der Waals surface area contributed by atoms with Crippen LogP contribution in [0, 0.1) is 0 Å². The molecule has 0 saturated carbocycles. The summed E-state index contributed by atoms with van der Waals surface area (Å²) < 4.78 is 0. The lowest BCUT2D eigenvalue weighted by molar-refractivity contribution is -0.125. The maximum Gasteiger partial charge on any atom is 0.239 e. The number of hydrogen-bond acceptors (Lipinski definition) is 6. The molecule has 9 heteroatoms. The second-order valence-corrected chi connectivity index (χ2v) is 7.68. The summed E-state index contributed by atoms with van der Waals surface area (Å²) in [6.07, 6.45) is 5.64. The molecule has 0 radical (unpaired) electrons. The first-order chi connectivity index (χ1) is 18.0. The molecule has 0 fully saturated rings. The molecule has 0 aliphatic carbocycles. The fourth-order valence-electron chi connectivity index (χ4n) is 2.83. The smallest absolute Gasteiger partial charge is 0.239 e. The van der Waals surface area contributed by atoms with E-state index in [1.54, 1.807) is 0 Å². The molecular weight excluding hydrogens is 470 g/mol. The van der Waals surface area contributed by atoms with Gasteiger partial charge in [0.15, 0.2) is 0 Å². The molecule has 2 amide bonds. The predicted octanol–water partition coefficient (Wildman–Crippen LogP) is 2.88. The van der Waals surface area contributed by atoms with Gasteiger partial charge < -0.3 is 31.6 Å². The van der Waals surface area contributed by atoms with Gasteiger partial charge in [-0.25, -0.2) is 4.99 Å². The van der Waals surface area contributed by atoms with E-state index in [1.807, 2.05) is 49.3 Å². The number of amides is 2. The van der Waals surface area contributed by atoms with Crippen LogP contribution >= 0.6 is 0 Å². The van der Waals surface area contributed by atoms with Crippen LogP contribution in [-0.4, -0.2) is 56.3 Å². The Morgan fingerprint density at radius 3 is 2.08 bits per heavy atom. The summed E-state index contributed by atoms with van der Waals surface area (Å²) in [5.41, 5.74) is 8.14. The molecule has 0 saturated heterocycles. The Bertz CT molecular complexity index is 861. The highest BCUT2D eigenvalue weighted by molar-refractivity contribution is 5.85. The van der Waals surface area contributed by atoms with Crippen molar-refractivity contribution < 1.29 is 19.5 Å². The SMILES string of the molecule is C=O.CCC(Cc1ccccc1)NCC(=O)NCC(=O)NCc1cccc(N=CN)c1.CCCC.CO. The molecular formula is C28H45N5O4. The Hall–Kier alpha value is -3.56. The minimum atomic E-state index is -0.248. The number of nitrogens with two attached hydrogens (primary N) is 1. The highest BCUT2D eigenvalue weighted by Gasteiger charge is 2.10. The van der Waals surface area contributed by atoms with Crippen molar-refractivity contribution >= 4 is 30.6 Å². The summed E-state index contributed by atoms with van der Waals surface area (Å²) in [7, 11) is 1.00. The Morgan fingerprint density at radius 2 is 1.51 bits per heavy atom. The zero-order valence-corrected chi connectivity index (χ0v) is 22.7. The maximum absolute atomic E-state index is 12.0. The molecule has 2 aromatic carbocycles. The normalized spacial score (nSPS) is 10.4. The summed E-state index contributed by atoms with van der Waals surface area (Å²) in [4.78, 5) is 36.0. The molecule has 0 bridgehead atoms. The van der Waals surface area contributed by atoms with Crippen molar-refractivity contribution in [1.82, 2.24) is 16.0 Å². The zero-order valence-electron chi connectivity index (χ0n) is 22.7. The van der Waals surface area contributed by atoms with E-state index in [1.165, 1.54) is 24.7 Å². The van der Waals surface area contributed by atoms with Crippen LogP contribution < -0.4 is 21.7 Å². The summed E-state index contributed by atoms with van der Waals surface area (Å²) in [6, 6.07) is 17.8. The average Bonchev–Trinajstić information content (AvgIpc) is 2.96. The molecule has 2 rings (SSSR count). The first kappa shape index (κ1) is 35.6. The topological polar surface area (TPSA) is 146 Å². The van der Waals surface area contributed by atoms with Gasteiger partial charge in [0.25, 0.3) is 0 Å². The van der Waals surface area contributed by atoms with Crippen molar-refractivity contribution in [3.8, 4) is 0 Å². The largest absolute Gasteiger partial charge is 0.400 e. The van der Waals surface area contributed by atoms with E-state index in [2.05, 4.69) is 53.8 Å². The van der Waals surface area contributed by atoms with Gasteiger partial charge in [0.05, 0.1) is 25.1 Å². The number of nitrogens with zero attached hydrogens (tertiary/aromatic N) is 1. The highest BCUT2D eigenvalue weighted by Crippen LogP contribution is 2.13. The summed E-state index contributed by atoms with van der Waals surface area (Å²) in [6.45, 7) is 8.92. The van der Waals surface area contributed by atoms with Crippen molar-refractivity contribution in [3.05, 3.63) is 65.7 Å². The van der Waals surface area contributed by atoms with Crippen LogP contribution in [0.15, 0.2) is 59.6 Å². The van der Waals surface area contributed by atoms with Gasteiger partial charge in [0.1, 0.15) is 6.79 Å². The van der Waals surface area contributed by atoms with Crippen LogP contribution in [0.4, 0.5) is 5.69 Å². The van der Waals surface area contributed by atoms with E-state index in [-0.39, 0.29) is 30.9 Å². The van der Waals surface area contributed by atoms with Gasteiger partial charge in [-0.3, -0.25) is 9.59 Å². The number of aliphatic hydroxyl groups is 1. The third-order valence-electron chi connectivity index (χ3n) is 4.94. The molecule has 1 unspecified atom stereocenters. The Kier molecular flexibility index (Phi) is 24.6. The molecule has 0 heterocycles. The third-order valence-corrected chi connectivity index (χ3v) is 4.94. The third kappa shape index (κ3) is 19.3. The molecule has 6 N–H and O–H groups in total. The van der Waals surface area contributed by atoms with Gasteiger partial charge in [-0.2, -0.15) is 0 Å². The van der Waals surface area contributed by atoms with Crippen LogP contribution in [0.25, 0.3) is 0 Å². The first-order valence-electron chi connectivity index (χ1n) is 12.4. The summed E-state index contributed by atoms with van der Waals surface area (Å²) in [5.74, 6) is -0.451. The number of rotatable bonds is 12. The molecule has 0 aliphatic rings. The van der Waals surface area contributed by atoms with Crippen molar-refractivity contribution in [2.75, 3.05) is 20.2 Å². The lowest BCUT2D eigenvalue weighted by Crippen LogP contribution is -2.43. The molecule has 1 atom stereocenters. The van der Waals surface area contributed by atoms with Crippen molar-refractivity contribution in [3.63, 3.8) is 0 Å². The van der Waals surface area contributed by atoms with E-state index in [4.69, 9.17) is 15.6 Å². The Balaban J connectivity index is 0. The van der Waals surface area contributed by atoms with Gasteiger partial charge in [0, 0.05) is 19.7 Å². The first-order valence-corrected chi connectivity index (χ1v) is 12.4. The van der Waals surface area contributed by atoms with Gasteiger partial charge in [-0.15, -0.1) is 0 Å². The Morgan fingerprint density at radius 1 is 0.919 bits per heavy atom. The number of unbranched alkanes of at least 4 members (excludes halogenated alkanes) is 1. The minimum absolute atomic E-state index is 0.0589. The van der Waals surface area contributed by atoms with Gasteiger partial charge in [0.2, 0.25) is 11.8 Å². The van der Waals surface area contributed by atoms with Crippen LogP contribution in [0.1, 0.15) is 51.2 Å². The lowest BCUT2D eigenvalue weighted by Gasteiger charge is -2.17. The van der Waals surface area contributed by atoms with E-state index in [0.29, 0.717) is 6.54 Å². The molecule has 206 valence electrons. The second-order valence-electron chi connectivity index (χ2n) is 7.68. The summed E-state index contributed by atoms with van der Waals surface area (Å²) >= 11 is 0. The van der Waals surface area contributed by atoms with Crippen LogP contribution in [-0.2, 0) is 27.3 Å². The molecule has 9 nitrogen and oxygen atoms in total. The quantitative estimate of drug-likeness (QED) is 0.217. The fourth-order valence-corrected chi connectivity index (χ4v) is 2.83. The predicted molar refractivity (Wildman–Crippen MR) is 152 cm³/mol. The number of carbonyl (C=O) groups excluding carboxylic acids is 3. The zero-order chi connectivity index (χ0) is 28.3. The lowest BCUT2D eigenvalue weighted by atomic mass is 10.0. The maximum atomic E-state index is 12.0. The molecule has 0 aliphatic heterocycles. The monoisotopic (exact) mass is 515 g/mol. The summed E-state index contributed by atoms with van der Waals surface area (Å²) in [5, 5.41) is 15.7. The molecule has 0 spiro atoms. The Labute approximate surface area is 222 Å². The molecule has 0 aromatic heterocycles. The van der Waals surface area contributed by atoms with Crippen molar-refractivity contribution in [1.29, 1.82) is 0 Å². The average molecular weight is 516 g/mol. The molecule has 2 aromatic rings. The number of hydrogen-bond donors (Lipinski definition) is 5. The molecule has 37 heavy (non-hydrogen) atoms. The van der Waals surface area contributed by atoms with Crippen LogP contribution in [0.3, 0.4) is 0 Å². The fraction of sp³-hybridized carbons (Fsp3) is 0.429. The van der Waals surface area contributed by atoms with Crippen LogP contribution in [0.5, 0.6) is 0 Å². The number of aliphatic hydroxyl groups excluding tert-OH is 1. The van der Waals surface area contributed by atoms with Gasteiger partial charge >= 0.3 is 0 Å². The number of aliphatic imine (C=N–C) groups is 1.